The van der Waals surface area contributed by atoms with Crippen LogP contribution < -0.4 is 0 Å². The summed E-state index contributed by atoms with van der Waals surface area (Å²) in [6.45, 7) is 4.19. The van der Waals surface area contributed by atoms with Gasteiger partial charge in [-0.05, 0) is 31.4 Å². The van der Waals surface area contributed by atoms with Gasteiger partial charge in [-0.1, -0.05) is 18.5 Å². The smallest absolute Gasteiger partial charge is 0.0931 e. The van der Waals surface area contributed by atoms with Crippen LogP contribution in [-0.2, 0) is 6.42 Å². The molecule has 2 unspecified atom stereocenters. The molecule has 0 aliphatic carbocycles. The maximum Gasteiger partial charge on any atom is 0.0931 e. The molecule has 0 spiro atoms. The van der Waals surface area contributed by atoms with Gasteiger partial charge >= 0.3 is 0 Å². The van der Waals surface area contributed by atoms with E-state index in [0.717, 1.165) is 10.8 Å². The summed E-state index contributed by atoms with van der Waals surface area (Å²) in [7, 11) is 0. The molecule has 0 bridgehead atoms. The fourth-order valence-electron chi connectivity index (χ4n) is 0.941. The van der Waals surface area contributed by atoms with Gasteiger partial charge in [-0.2, -0.15) is 0 Å². The van der Waals surface area contributed by atoms with Gasteiger partial charge in [0.25, 0.3) is 0 Å². The Bertz CT molecular complexity index is 242. The summed E-state index contributed by atoms with van der Waals surface area (Å²) in [6.07, 6.45) is 1.03. The predicted octanol–water partition coefficient (Wildman–Crippen LogP) is 4.21. The van der Waals surface area contributed by atoms with E-state index < -0.39 is 0 Å². The Hall–Kier alpha value is 0.280. The number of hydrogen-bond acceptors (Lipinski definition) is 1. The molecular weight excluding hydrogens is 211 g/mol. The van der Waals surface area contributed by atoms with Crippen LogP contribution in [0.3, 0.4) is 0 Å². The third kappa shape index (κ3) is 2.96. The summed E-state index contributed by atoms with van der Waals surface area (Å²) in [5.41, 5.74) is 0. The van der Waals surface area contributed by atoms with E-state index in [4.69, 9.17) is 23.2 Å². The average Bonchev–Trinajstić information content (AvgIpc) is 2.35. The van der Waals surface area contributed by atoms with E-state index >= 15 is 0 Å². The first-order valence-electron chi connectivity index (χ1n) is 3.98. The molecule has 1 aromatic heterocycles. The van der Waals surface area contributed by atoms with Crippen LogP contribution in [0.25, 0.3) is 0 Å². The molecule has 68 valence electrons. The highest BCUT2D eigenvalue weighted by Crippen LogP contribution is 2.25. The third-order valence-corrected chi connectivity index (χ3v) is 3.62. The highest BCUT2D eigenvalue weighted by atomic mass is 35.5. The number of thiophene rings is 1. The normalized spacial score (nSPS) is 16.0. The quantitative estimate of drug-likeness (QED) is 0.673. The Morgan fingerprint density at radius 3 is 2.50 bits per heavy atom. The molecule has 1 aromatic rings. The maximum absolute atomic E-state index is 5.96. The molecule has 0 N–H and O–H groups in total. The first-order valence-corrected chi connectivity index (χ1v) is 5.61. The topological polar surface area (TPSA) is 0 Å². The zero-order chi connectivity index (χ0) is 9.14. The van der Waals surface area contributed by atoms with Gasteiger partial charge in [0, 0.05) is 10.3 Å². The second-order valence-electron chi connectivity index (χ2n) is 3.06. The number of halogens is 2. The van der Waals surface area contributed by atoms with E-state index in [1.807, 2.05) is 13.0 Å². The standard InChI is InChI=1S/C9H12Cl2S/c1-6(7(2)10)5-8-3-4-9(11)12-8/h3-4,6-7H,5H2,1-2H3. The van der Waals surface area contributed by atoms with E-state index in [0.29, 0.717) is 5.92 Å². The first kappa shape index (κ1) is 10.4. The van der Waals surface area contributed by atoms with E-state index in [1.165, 1.54) is 4.88 Å². The van der Waals surface area contributed by atoms with E-state index in [9.17, 15) is 0 Å². The number of hydrogen-bond donors (Lipinski definition) is 0. The van der Waals surface area contributed by atoms with Crippen molar-refractivity contribution in [3.8, 4) is 0 Å². The van der Waals surface area contributed by atoms with Gasteiger partial charge in [-0.3, -0.25) is 0 Å². The Kier molecular flexibility index (Phi) is 3.88. The maximum atomic E-state index is 5.96. The predicted molar refractivity (Wildman–Crippen MR) is 57.5 cm³/mol. The van der Waals surface area contributed by atoms with E-state index in [1.54, 1.807) is 11.3 Å². The second kappa shape index (κ2) is 4.50. The number of rotatable bonds is 3. The third-order valence-electron chi connectivity index (χ3n) is 1.94. The van der Waals surface area contributed by atoms with Crippen molar-refractivity contribution >= 4 is 34.5 Å². The second-order valence-corrected chi connectivity index (χ2v) is 5.55. The largest absolute Gasteiger partial charge is 0.128 e. The van der Waals surface area contributed by atoms with Crippen LogP contribution in [-0.4, -0.2) is 5.38 Å². The lowest BCUT2D eigenvalue weighted by Crippen LogP contribution is -2.08. The van der Waals surface area contributed by atoms with Crippen LogP contribution >= 0.6 is 34.5 Å². The monoisotopic (exact) mass is 222 g/mol. The SMILES string of the molecule is CC(Cl)C(C)Cc1ccc(Cl)s1. The van der Waals surface area contributed by atoms with E-state index in [-0.39, 0.29) is 5.38 Å². The van der Waals surface area contributed by atoms with Crippen LogP contribution in [0.1, 0.15) is 18.7 Å². The fourth-order valence-corrected chi connectivity index (χ4v) is 2.26. The molecule has 2 atom stereocenters. The summed E-state index contributed by atoms with van der Waals surface area (Å²) < 4.78 is 0.861. The molecule has 1 heterocycles. The van der Waals surface area contributed by atoms with Crippen molar-refractivity contribution in [3.63, 3.8) is 0 Å². The van der Waals surface area contributed by atoms with Crippen LogP contribution in [0.15, 0.2) is 12.1 Å². The van der Waals surface area contributed by atoms with Crippen molar-refractivity contribution in [2.75, 3.05) is 0 Å². The zero-order valence-electron chi connectivity index (χ0n) is 7.18. The van der Waals surface area contributed by atoms with Crippen LogP contribution in [0.4, 0.5) is 0 Å². The summed E-state index contributed by atoms with van der Waals surface area (Å²) in [6, 6.07) is 4.01. The molecule has 0 amide bonds. The Balaban J connectivity index is 2.52. The van der Waals surface area contributed by atoms with Crippen molar-refractivity contribution in [3.05, 3.63) is 21.3 Å². The Labute approximate surface area is 87.5 Å². The molecule has 0 saturated carbocycles. The summed E-state index contributed by atoms with van der Waals surface area (Å²) >= 11 is 13.4. The van der Waals surface area contributed by atoms with Crippen molar-refractivity contribution in [1.82, 2.24) is 0 Å². The van der Waals surface area contributed by atoms with Crippen molar-refractivity contribution in [1.29, 1.82) is 0 Å². The van der Waals surface area contributed by atoms with Gasteiger partial charge in [-0.15, -0.1) is 22.9 Å². The fraction of sp³-hybridized carbons (Fsp3) is 0.556. The summed E-state index contributed by atoms with van der Waals surface area (Å²) in [5.74, 6) is 0.515. The van der Waals surface area contributed by atoms with Crippen LogP contribution in [0.5, 0.6) is 0 Å². The summed E-state index contributed by atoms with van der Waals surface area (Å²) in [5, 5.41) is 0.228. The molecule has 12 heavy (non-hydrogen) atoms. The average molecular weight is 223 g/mol. The van der Waals surface area contributed by atoms with Gasteiger partial charge in [0.05, 0.1) is 4.34 Å². The van der Waals surface area contributed by atoms with Crippen LogP contribution in [0.2, 0.25) is 4.34 Å². The molecular formula is C9H12Cl2S. The van der Waals surface area contributed by atoms with Crippen molar-refractivity contribution < 1.29 is 0 Å². The van der Waals surface area contributed by atoms with Crippen molar-refractivity contribution in [2.45, 2.75) is 25.6 Å². The molecule has 0 nitrogen and oxygen atoms in total. The lowest BCUT2D eigenvalue weighted by Gasteiger charge is -2.11. The lowest BCUT2D eigenvalue weighted by atomic mass is 10.0. The van der Waals surface area contributed by atoms with Crippen LogP contribution in [0, 0.1) is 5.92 Å². The first-order chi connectivity index (χ1) is 5.59. The van der Waals surface area contributed by atoms with Gasteiger partial charge < -0.3 is 0 Å². The molecule has 0 aliphatic rings. The minimum absolute atomic E-state index is 0.228. The lowest BCUT2D eigenvalue weighted by molar-refractivity contribution is 0.573. The molecule has 0 fully saturated rings. The molecule has 0 aromatic carbocycles. The molecule has 0 radical (unpaired) electrons. The molecule has 1 rings (SSSR count). The number of alkyl halides is 1. The van der Waals surface area contributed by atoms with Gasteiger partial charge in [-0.25, -0.2) is 0 Å². The zero-order valence-corrected chi connectivity index (χ0v) is 9.51. The highest BCUT2D eigenvalue weighted by Gasteiger charge is 2.10. The van der Waals surface area contributed by atoms with Crippen molar-refractivity contribution in [2.24, 2.45) is 5.92 Å². The highest BCUT2D eigenvalue weighted by molar-refractivity contribution is 7.16. The molecule has 0 saturated heterocycles. The Morgan fingerprint density at radius 2 is 2.08 bits per heavy atom. The minimum Gasteiger partial charge on any atom is -0.128 e. The van der Waals surface area contributed by atoms with Gasteiger partial charge in [0.15, 0.2) is 0 Å². The molecule has 0 aliphatic heterocycles. The van der Waals surface area contributed by atoms with Gasteiger partial charge in [0.1, 0.15) is 0 Å². The summed E-state index contributed by atoms with van der Waals surface area (Å²) in [4.78, 5) is 1.32. The molecule has 3 heteroatoms. The Morgan fingerprint density at radius 1 is 1.42 bits per heavy atom. The van der Waals surface area contributed by atoms with Gasteiger partial charge in [0.2, 0.25) is 0 Å². The van der Waals surface area contributed by atoms with E-state index in [2.05, 4.69) is 13.0 Å². The minimum atomic E-state index is 0.228.